The Bertz CT molecular complexity index is 1000. The first-order chi connectivity index (χ1) is 12.2. The third-order valence-corrected chi connectivity index (χ3v) is 4.46. The molecule has 0 saturated heterocycles. The molecule has 7 heteroatoms. The molecule has 1 N–H and O–H groups in total. The summed E-state index contributed by atoms with van der Waals surface area (Å²) in [6.07, 6.45) is 3.43. The van der Waals surface area contributed by atoms with E-state index in [0.717, 1.165) is 4.88 Å². The maximum atomic E-state index is 12.5. The summed E-state index contributed by atoms with van der Waals surface area (Å²) in [6, 6.07) is 12.9. The molecule has 124 valence electrons. The summed E-state index contributed by atoms with van der Waals surface area (Å²) in [5.74, 6) is 0.600. The van der Waals surface area contributed by atoms with Crippen molar-refractivity contribution in [3.63, 3.8) is 0 Å². The molecule has 0 aliphatic rings. The summed E-state index contributed by atoms with van der Waals surface area (Å²) < 4.78 is 7.31. The predicted molar refractivity (Wildman–Crippen MR) is 96.4 cm³/mol. The molecule has 0 radical (unpaired) electrons. The van der Waals surface area contributed by atoms with Crippen molar-refractivity contribution in [2.75, 3.05) is 5.32 Å². The van der Waals surface area contributed by atoms with Crippen LogP contribution in [0.5, 0.6) is 0 Å². The number of nitrogens with zero attached hydrogens (tertiary/aromatic N) is 3. The summed E-state index contributed by atoms with van der Waals surface area (Å²) in [7, 11) is 1.80. The van der Waals surface area contributed by atoms with Crippen LogP contribution < -0.4 is 5.32 Å². The van der Waals surface area contributed by atoms with Gasteiger partial charge in [0.05, 0.1) is 16.3 Å². The van der Waals surface area contributed by atoms with Gasteiger partial charge in [0.2, 0.25) is 0 Å². The van der Waals surface area contributed by atoms with Crippen LogP contribution in [0, 0.1) is 0 Å². The molecule has 0 unspecified atom stereocenters. The smallest absolute Gasteiger partial charge is 0.291 e. The number of hydrogen-bond donors (Lipinski definition) is 1. The number of nitrogens with one attached hydrogen (secondary N) is 1. The van der Waals surface area contributed by atoms with Crippen LogP contribution >= 0.6 is 11.3 Å². The van der Waals surface area contributed by atoms with Gasteiger partial charge in [-0.1, -0.05) is 12.1 Å². The SMILES string of the molecule is Cn1cc(NC(=O)c2ccc(-c3cccs3)o2)c(-c2ccccn2)n1. The molecule has 0 saturated carbocycles. The van der Waals surface area contributed by atoms with E-state index >= 15 is 0 Å². The summed E-state index contributed by atoms with van der Waals surface area (Å²) in [4.78, 5) is 17.8. The number of pyridine rings is 1. The van der Waals surface area contributed by atoms with Crippen LogP contribution in [0.4, 0.5) is 5.69 Å². The first-order valence-corrected chi connectivity index (χ1v) is 8.49. The molecule has 6 nitrogen and oxygen atoms in total. The zero-order valence-corrected chi connectivity index (χ0v) is 14.2. The highest BCUT2D eigenvalue weighted by atomic mass is 32.1. The molecule has 0 aliphatic carbocycles. The fraction of sp³-hybridized carbons (Fsp3) is 0.0556. The number of amides is 1. The van der Waals surface area contributed by atoms with Crippen molar-refractivity contribution in [1.29, 1.82) is 0 Å². The monoisotopic (exact) mass is 350 g/mol. The van der Waals surface area contributed by atoms with Gasteiger partial charge in [-0.25, -0.2) is 0 Å². The average molecular weight is 350 g/mol. The zero-order chi connectivity index (χ0) is 17.2. The number of anilines is 1. The van der Waals surface area contributed by atoms with Gasteiger partial charge in [-0.2, -0.15) is 5.10 Å². The Kier molecular flexibility index (Phi) is 3.91. The van der Waals surface area contributed by atoms with Crippen LogP contribution in [0.3, 0.4) is 0 Å². The lowest BCUT2D eigenvalue weighted by Crippen LogP contribution is -2.11. The number of aromatic nitrogens is 3. The number of thiophene rings is 1. The highest BCUT2D eigenvalue weighted by Gasteiger charge is 2.17. The minimum Gasteiger partial charge on any atom is -0.450 e. The third kappa shape index (κ3) is 3.09. The minimum absolute atomic E-state index is 0.249. The molecular weight excluding hydrogens is 336 g/mol. The van der Waals surface area contributed by atoms with Gasteiger partial charge in [0, 0.05) is 19.4 Å². The molecule has 0 aromatic carbocycles. The highest BCUT2D eigenvalue weighted by Crippen LogP contribution is 2.28. The van der Waals surface area contributed by atoms with Crippen LogP contribution in [-0.2, 0) is 7.05 Å². The maximum Gasteiger partial charge on any atom is 0.291 e. The standard InChI is InChI=1S/C18H14N4O2S/c1-22-11-13(17(21-22)12-5-2-3-9-19-12)20-18(23)15-8-7-14(24-15)16-6-4-10-25-16/h2-11H,1H3,(H,20,23). The van der Waals surface area contributed by atoms with E-state index in [1.807, 2.05) is 35.7 Å². The second-order valence-electron chi connectivity index (χ2n) is 5.38. The number of hydrogen-bond acceptors (Lipinski definition) is 5. The van der Waals surface area contributed by atoms with Crippen LogP contribution in [0.1, 0.15) is 10.6 Å². The summed E-state index contributed by atoms with van der Waals surface area (Å²) >= 11 is 1.56. The summed E-state index contributed by atoms with van der Waals surface area (Å²) in [6.45, 7) is 0. The van der Waals surface area contributed by atoms with E-state index in [-0.39, 0.29) is 11.7 Å². The second kappa shape index (κ2) is 6.37. The fourth-order valence-corrected chi connectivity index (χ4v) is 3.15. The number of rotatable bonds is 4. The largest absolute Gasteiger partial charge is 0.450 e. The van der Waals surface area contributed by atoms with Gasteiger partial charge in [-0.3, -0.25) is 14.5 Å². The third-order valence-electron chi connectivity index (χ3n) is 3.58. The lowest BCUT2D eigenvalue weighted by atomic mass is 10.2. The van der Waals surface area contributed by atoms with Crippen molar-refractivity contribution < 1.29 is 9.21 Å². The van der Waals surface area contributed by atoms with E-state index in [4.69, 9.17) is 4.42 Å². The number of carbonyl (C=O) groups excluding carboxylic acids is 1. The van der Waals surface area contributed by atoms with Crippen molar-refractivity contribution in [2.24, 2.45) is 7.05 Å². The van der Waals surface area contributed by atoms with Gasteiger partial charge in [0.15, 0.2) is 5.76 Å². The van der Waals surface area contributed by atoms with Crippen molar-refractivity contribution in [3.8, 4) is 22.0 Å². The molecule has 1 amide bonds. The molecule has 0 fully saturated rings. The molecule has 0 bridgehead atoms. The van der Waals surface area contributed by atoms with Gasteiger partial charge in [0.25, 0.3) is 5.91 Å². The first-order valence-electron chi connectivity index (χ1n) is 7.61. The number of aryl methyl sites for hydroxylation is 1. The molecule has 0 spiro atoms. The second-order valence-corrected chi connectivity index (χ2v) is 6.32. The van der Waals surface area contributed by atoms with Crippen molar-refractivity contribution in [3.05, 3.63) is 66.0 Å². The van der Waals surface area contributed by atoms with Crippen molar-refractivity contribution >= 4 is 22.9 Å². The molecule has 4 aromatic heterocycles. The van der Waals surface area contributed by atoms with Crippen molar-refractivity contribution in [2.45, 2.75) is 0 Å². The van der Waals surface area contributed by atoms with E-state index in [2.05, 4.69) is 15.4 Å². The Morgan fingerprint density at radius 3 is 2.88 bits per heavy atom. The highest BCUT2D eigenvalue weighted by molar-refractivity contribution is 7.13. The Hall–Kier alpha value is -3.19. The van der Waals surface area contributed by atoms with E-state index in [1.54, 1.807) is 47.6 Å². The first kappa shape index (κ1) is 15.3. The van der Waals surface area contributed by atoms with Gasteiger partial charge in [0.1, 0.15) is 11.5 Å². The van der Waals surface area contributed by atoms with Gasteiger partial charge >= 0.3 is 0 Å². The molecular formula is C18H14N4O2S. The molecule has 4 heterocycles. The van der Waals surface area contributed by atoms with E-state index < -0.39 is 0 Å². The van der Waals surface area contributed by atoms with Crippen LogP contribution in [0.25, 0.3) is 22.0 Å². The Balaban J connectivity index is 1.60. The Morgan fingerprint density at radius 2 is 2.12 bits per heavy atom. The number of furan rings is 1. The van der Waals surface area contributed by atoms with Gasteiger partial charge in [-0.05, 0) is 35.7 Å². The normalized spacial score (nSPS) is 10.8. The average Bonchev–Trinajstić information content (AvgIpc) is 3.36. The summed E-state index contributed by atoms with van der Waals surface area (Å²) in [5.41, 5.74) is 1.89. The number of carbonyl (C=O) groups is 1. The van der Waals surface area contributed by atoms with E-state index in [9.17, 15) is 4.79 Å². The Labute approximate surface area is 147 Å². The maximum absolute atomic E-state index is 12.5. The zero-order valence-electron chi connectivity index (χ0n) is 13.3. The predicted octanol–water partition coefficient (Wildman–Crippen LogP) is 4.06. The topological polar surface area (TPSA) is 73.0 Å². The molecule has 4 aromatic rings. The van der Waals surface area contributed by atoms with Gasteiger partial charge in [-0.15, -0.1) is 11.3 Å². The van der Waals surface area contributed by atoms with Crippen LogP contribution in [0.15, 0.2) is 64.7 Å². The molecule has 4 rings (SSSR count). The van der Waals surface area contributed by atoms with Crippen LogP contribution in [0.2, 0.25) is 0 Å². The summed E-state index contributed by atoms with van der Waals surface area (Å²) in [5, 5.41) is 9.20. The Morgan fingerprint density at radius 1 is 1.20 bits per heavy atom. The lowest BCUT2D eigenvalue weighted by molar-refractivity contribution is 0.0997. The molecule has 0 aliphatic heterocycles. The lowest BCUT2D eigenvalue weighted by Gasteiger charge is -2.03. The quantitative estimate of drug-likeness (QED) is 0.602. The minimum atomic E-state index is -0.326. The van der Waals surface area contributed by atoms with Crippen LogP contribution in [-0.4, -0.2) is 20.7 Å². The molecule has 0 atom stereocenters. The van der Waals surface area contributed by atoms with E-state index in [0.29, 0.717) is 22.8 Å². The van der Waals surface area contributed by atoms with Crippen molar-refractivity contribution in [1.82, 2.24) is 14.8 Å². The van der Waals surface area contributed by atoms with Gasteiger partial charge < -0.3 is 9.73 Å². The molecule has 25 heavy (non-hydrogen) atoms. The fourth-order valence-electron chi connectivity index (χ4n) is 2.47. The van der Waals surface area contributed by atoms with E-state index in [1.165, 1.54) is 0 Å².